The highest BCUT2D eigenvalue weighted by atomic mass is 19.1. The highest BCUT2D eigenvalue weighted by Crippen LogP contribution is 2.29. The zero-order valence-electron chi connectivity index (χ0n) is 13.8. The smallest absolute Gasteiger partial charge is 0.227 e. The van der Waals surface area contributed by atoms with E-state index in [9.17, 15) is 9.18 Å². The molecule has 3 nitrogen and oxygen atoms in total. The Balaban J connectivity index is 1.46. The highest BCUT2D eigenvalue weighted by molar-refractivity contribution is 5.93. The van der Waals surface area contributed by atoms with E-state index in [1.54, 1.807) is 12.1 Å². The summed E-state index contributed by atoms with van der Waals surface area (Å²) in [6, 6.07) is 14.4. The van der Waals surface area contributed by atoms with Crippen molar-refractivity contribution >= 4 is 22.4 Å². The Morgan fingerprint density at radius 3 is 2.68 bits per heavy atom. The molecule has 0 aliphatic carbocycles. The number of carbonyl (C=O) groups is 1. The van der Waals surface area contributed by atoms with Crippen LogP contribution in [0.3, 0.4) is 0 Å². The molecule has 1 N–H and O–H groups in total. The minimum atomic E-state index is -0.277. The molecule has 4 rings (SSSR count). The molecule has 1 aliphatic heterocycles. The van der Waals surface area contributed by atoms with Crippen LogP contribution in [0, 0.1) is 5.82 Å². The molecule has 0 unspecified atom stereocenters. The zero-order valence-corrected chi connectivity index (χ0v) is 13.8. The fourth-order valence-electron chi connectivity index (χ4n) is 3.37. The number of para-hydroxylation sites is 1. The number of carbonyl (C=O) groups excluding carboxylic acids is 1. The van der Waals surface area contributed by atoms with Crippen molar-refractivity contribution in [1.82, 2.24) is 9.88 Å². The summed E-state index contributed by atoms with van der Waals surface area (Å²) < 4.78 is 13.0. The van der Waals surface area contributed by atoms with Gasteiger partial charge in [-0.05, 0) is 35.8 Å². The quantitative estimate of drug-likeness (QED) is 0.767. The highest BCUT2D eigenvalue weighted by Gasteiger charge is 2.19. The summed E-state index contributed by atoms with van der Waals surface area (Å²) in [5, 5.41) is 1.22. The summed E-state index contributed by atoms with van der Waals surface area (Å²) in [6.45, 7) is 1.33. The van der Waals surface area contributed by atoms with Crippen molar-refractivity contribution < 1.29 is 9.18 Å². The Hall–Kier alpha value is -2.88. The number of H-pyrrole nitrogens is 1. The third-order valence-electron chi connectivity index (χ3n) is 4.77. The second kappa shape index (κ2) is 6.55. The van der Waals surface area contributed by atoms with E-state index in [0.717, 1.165) is 17.5 Å². The molecule has 1 aromatic heterocycles. The summed E-state index contributed by atoms with van der Waals surface area (Å²) in [5.41, 5.74) is 4.48. The lowest BCUT2D eigenvalue weighted by Gasteiger charge is -2.26. The van der Waals surface area contributed by atoms with Gasteiger partial charge in [0.1, 0.15) is 5.82 Å². The van der Waals surface area contributed by atoms with E-state index < -0.39 is 0 Å². The minimum absolute atomic E-state index is 0.0841. The van der Waals surface area contributed by atoms with E-state index in [1.165, 1.54) is 28.7 Å². The van der Waals surface area contributed by atoms with E-state index in [-0.39, 0.29) is 11.7 Å². The SMILES string of the molecule is O=C(Cc1ccc(F)cc1)N1CC=C(c2c[nH]c3ccccc23)CC1. The monoisotopic (exact) mass is 334 g/mol. The van der Waals surface area contributed by atoms with E-state index in [4.69, 9.17) is 0 Å². The lowest BCUT2D eigenvalue weighted by molar-refractivity contribution is -0.130. The first-order valence-corrected chi connectivity index (χ1v) is 8.48. The van der Waals surface area contributed by atoms with Crippen LogP contribution in [0.2, 0.25) is 0 Å². The predicted octanol–water partition coefficient (Wildman–Crippen LogP) is 4.17. The van der Waals surface area contributed by atoms with E-state index in [1.807, 2.05) is 23.2 Å². The first-order chi connectivity index (χ1) is 12.2. The summed E-state index contributed by atoms with van der Waals surface area (Å²) in [5.74, 6) is -0.193. The molecule has 25 heavy (non-hydrogen) atoms. The fourth-order valence-corrected chi connectivity index (χ4v) is 3.37. The van der Waals surface area contributed by atoms with Crippen molar-refractivity contribution in [2.24, 2.45) is 0 Å². The third-order valence-corrected chi connectivity index (χ3v) is 4.77. The molecule has 2 heterocycles. The molecule has 0 atom stereocenters. The van der Waals surface area contributed by atoms with Crippen molar-refractivity contribution in [1.29, 1.82) is 0 Å². The number of benzene rings is 2. The summed E-state index contributed by atoms with van der Waals surface area (Å²) in [6.07, 6.45) is 5.35. The van der Waals surface area contributed by atoms with Gasteiger partial charge < -0.3 is 9.88 Å². The zero-order chi connectivity index (χ0) is 17.2. The first kappa shape index (κ1) is 15.6. The van der Waals surface area contributed by atoms with Gasteiger partial charge in [-0.1, -0.05) is 36.4 Å². The van der Waals surface area contributed by atoms with Crippen LogP contribution in [0.5, 0.6) is 0 Å². The molecule has 0 bridgehead atoms. The topological polar surface area (TPSA) is 36.1 Å². The number of rotatable bonds is 3. The molecule has 0 radical (unpaired) electrons. The molecule has 126 valence electrons. The summed E-state index contributed by atoms with van der Waals surface area (Å²) in [4.78, 5) is 17.6. The van der Waals surface area contributed by atoms with Gasteiger partial charge in [0, 0.05) is 35.8 Å². The molecule has 0 fully saturated rings. The van der Waals surface area contributed by atoms with Crippen molar-refractivity contribution in [3.05, 3.63) is 77.7 Å². The Morgan fingerprint density at radius 2 is 1.92 bits per heavy atom. The lowest BCUT2D eigenvalue weighted by Crippen LogP contribution is -2.35. The van der Waals surface area contributed by atoms with Crippen LogP contribution in [-0.4, -0.2) is 28.9 Å². The van der Waals surface area contributed by atoms with Crippen LogP contribution in [0.1, 0.15) is 17.5 Å². The maximum Gasteiger partial charge on any atom is 0.227 e. The number of fused-ring (bicyclic) bond motifs is 1. The molecular formula is C21H19FN2O. The van der Waals surface area contributed by atoms with Crippen molar-refractivity contribution in [3.63, 3.8) is 0 Å². The Morgan fingerprint density at radius 1 is 1.12 bits per heavy atom. The standard InChI is InChI=1S/C21H19FN2O/c22-17-7-5-15(6-8-17)13-21(25)24-11-9-16(10-12-24)19-14-23-20-4-2-1-3-18(19)20/h1-9,14,23H,10-13H2. The van der Waals surface area contributed by atoms with Gasteiger partial charge in [0.2, 0.25) is 5.91 Å². The number of amides is 1. The number of halogens is 1. The van der Waals surface area contributed by atoms with E-state index in [0.29, 0.717) is 19.5 Å². The second-order valence-electron chi connectivity index (χ2n) is 6.37. The molecule has 2 aromatic carbocycles. The van der Waals surface area contributed by atoms with Gasteiger partial charge in [-0.2, -0.15) is 0 Å². The molecule has 0 saturated heterocycles. The van der Waals surface area contributed by atoms with Crippen LogP contribution in [-0.2, 0) is 11.2 Å². The number of aromatic amines is 1. The van der Waals surface area contributed by atoms with Crippen LogP contribution in [0.4, 0.5) is 4.39 Å². The number of aromatic nitrogens is 1. The molecule has 1 aliphatic rings. The number of hydrogen-bond donors (Lipinski definition) is 1. The van der Waals surface area contributed by atoms with Gasteiger partial charge in [-0.3, -0.25) is 4.79 Å². The average Bonchev–Trinajstić information content (AvgIpc) is 3.08. The van der Waals surface area contributed by atoms with Gasteiger partial charge in [0.05, 0.1) is 6.42 Å². The Labute approximate surface area is 145 Å². The van der Waals surface area contributed by atoms with Gasteiger partial charge in [-0.25, -0.2) is 4.39 Å². The first-order valence-electron chi connectivity index (χ1n) is 8.48. The fraction of sp³-hybridized carbons (Fsp3) is 0.190. The Kier molecular flexibility index (Phi) is 4.10. The van der Waals surface area contributed by atoms with E-state index in [2.05, 4.69) is 23.2 Å². The average molecular weight is 334 g/mol. The lowest BCUT2D eigenvalue weighted by atomic mass is 9.98. The van der Waals surface area contributed by atoms with Crippen molar-refractivity contribution in [2.75, 3.05) is 13.1 Å². The molecular weight excluding hydrogens is 315 g/mol. The Bertz CT molecular complexity index is 940. The number of nitrogens with one attached hydrogen (secondary N) is 1. The minimum Gasteiger partial charge on any atom is -0.361 e. The van der Waals surface area contributed by atoms with Gasteiger partial charge in [0.15, 0.2) is 0 Å². The van der Waals surface area contributed by atoms with Crippen LogP contribution < -0.4 is 0 Å². The summed E-state index contributed by atoms with van der Waals surface area (Å²) in [7, 11) is 0. The maximum absolute atomic E-state index is 13.0. The van der Waals surface area contributed by atoms with E-state index >= 15 is 0 Å². The van der Waals surface area contributed by atoms with Gasteiger partial charge in [-0.15, -0.1) is 0 Å². The largest absolute Gasteiger partial charge is 0.361 e. The van der Waals surface area contributed by atoms with Crippen molar-refractivity contribution in [3.8, 4) is 0 Å². The summed E-state index contributed by atoms with van der Waals surface area (Å²) >= 11 is 0. The van der Waals surface area contributed by atoms with Crippen LogP contribution >= 0.6 is 0 Å². The van der Waals surface area contributed by atoms with Crippen molar-refractivity contribution in [2.45, 2.75) is 12.8 Å². The van der Waals surface area contributed by atoms with Gasteiger partial charge >= 0.3 is 0 Å². The molecule has 0 saturated carbocycles. The molecule has 3 aromatic rings. The molecule has 0 spiro atoms. The van der Waals surface area contributed by atoms with Crippen LogP contribution in [0.25, 0.3) is 16.5 Å². The molecule has 1 amide bonds. The van der Waals surface area contributed by atoms with Crippen LogP contribution in [0.15, 0.2) is 60.8 Å². The maximum atomic E-state index is 13.0. The number of hydrogen-bond acceptors (Lipinski definition) is 1. The third kappa shape index (κ3) is 3.20. The molecule has 4 heteroatoms. The van der Waals surface area contributed by atoms with Gasteiger partial charge in [0.25, 0.3) is 0 Å². The normalized spacial score (nSPS) is 14.6. The number of nitrogens with zero attached hydrogens (tertiary/aromatic N) is 1. The predicted molar refractivity (Wildman–Crippen MR) is 97.6 cm³/mol. The second-order valence-corrected chi connectivity index (χ2v) is 6.37.